The van der Waals surface area contributed by atoms with Gasteiger partial charge in [-0.25, -0.2) is 0 Å². The molecule has 3 aromatic rings. The standard InChI is InChI=1S/C25H26N2O3/c1-29-23-13-7-5-11-20(23)16-26-25(28)15-21-18-30-24-14-8-6-12-22(24)27(21)17-19-9-3-2-4-10-19/h2-14,21H,15-18H2,1H3,(H,26,28)/t21-/m0/s1. The number of hydrogen-bond acceptors (Lipinski definition) is 4. The van der Waals surface area contributed by atoms with Crippen LogP contribution >= 0.6 is 0 Å². The van der Waals surface area contributed by atoms with Crippen molar-refractivity contribution in [1.82, 2.24) is 5.32 Å². The summed E-state index contributed by atoms with van der Waals surface area (Å²) < 4.78 is 11.3. The average Bonchev–Trinajstić information content (AvgIpc) is 2.80. The lowest BCUT2D eigenvalue weighted by Crippen LogP contribution is -2.45. The fraction of sp³-hybridized carbons (Fsp3) is 0.240. The summed E-state index contributed by atoms with van der Waals surface area (Å²) in [4.78, 5) is 15.0. The smallest absolute Gasteiger partial charge is 0.222 e. The summed E-state index contributed by atoms with van der Waals surface area (Å²) in [5.41, 5.74) is 3.18. The zero-order chi connectivity index (χ0) is 20.8. The summed E-state index contributed by atoms with van der Waals surface area (Å²) in [7, 11) is 1.64. The van der Waals surface area contributed by atoms with Crippen molar-refractivity contribution in [3.05, 3.63) is 90.0 Å². The summed E-state index contributed by atoms with van der Waals surface area (Å²) >= 11 is 0. The predicted octanol–water partition coefficient (Wildman–Crippen LogP) is 4.17. The van der Waals surface area contributed by atoms with Crippen LogP contribution in [0.15, 0.2) is 78.9 Å². The molecule has 0 radical (unpaired) electrons. The quantitative estimate of drug-likeness (QED) is 0.645. The number of methoxy groups -OCH3 is 1. The fourth-order valence-electron chi connectivity index (χ4n) is 3.78. The van der Waals surface area contributed by atoms with E-state index in [1.807, 2.05) is 60.7 Å². The Balaban J connectivity index is 1.47. The van der Waals surface area contributed by atoms with Crippen LogP contribution in [0.5, 0.6) is 11.5 Å². The molecular formula is C25H26N2O3. The van der Waals surface area contributed by atoms with Crippen molar-refractivity contribution < 1.29 is 14.3 Å². The largest absolute Gasteiger partial charge is 0.496 e. The highest BCUT2D eigenvalue weighted by atomic mass is 16.5. The van der Waals surface area contributed by atoms with E-state index in [1.165, 1.54) is 5.56 Å². The third kappa shape index (κ3) is 4.57. The summed E-state index contributed by atoms with van der Waals surface area (Å²) in [6.07, 6.45) is 0.357. The second kappa shape index (κ2) is 9.35. The first-order valence-corrected chi connectivity index (χ1v) is 10.2. The molecule has 1 atom stereocenters. The molecular weight excluding hydrogens is 376 g/mol. The molecule has 30 heavy (non-hydrogen) atoms. The van der Waals surface area contributed by atoms with E-state index < -0.39 is 0 Å². The highest BCUT2D eigenvalue weighted by Crippen LogP contribution is 2.35. The number of fused-ring (bicyclic) bond motifs is 1. The van der Waals surface area contributed by atoms with E-state index in [0.29, 0.717) is 19.6 Å². The Morgan fingerprint density at radius 1 is 1.03 bits per heavy atom. The molecule has 0 bridgehead atoms. The van der Waals surface area contributed by atoms with Crippen LogP contribution in [-0.4, -0.2) is 25.7 Å². The molecule has 1 amide bonds. The lowest BCUT2D eigenvalue weighted by molar-refractivity contribution is -0.121. The molecule has 5 heteroatoms. The normalized spacial score (nSPS) is 15.1. The Kier molecular flexibility index (Phi) is 6.18. The van der Waals surface area contributed by atoms with Gasteiger partial charge in [0.2, 0.25) is 5.91 Å². The van der Waals surface area contributed by atoms with Crippen molar-refractivity contribution in [3.63, 3.8) is 0 Å². The first-order valence-electron chi connectivity index (χ1n) is 10.2. The third-order valence-electron chi connectivity index (χ3n) is 5.33. The number of rotatable bonds is 7. The summed E-state index contributed by atoms with van der Waals surface area (Å²) in [6.45, 7) is 1.64. The number of hydrogen-bond donors (Lipinski definition) is 1. The van der Waals surface area contributed by atoms with Gasteiger partial charge in [0.05, 0.1) is 25.3 Å². The molecule has 0 unspecified atom stereocenters. The molecule has 0 spiro atoms. The van der Waals surface area contributed by atoms with Crippen molar-refractivity contribution in [1.29, 1.82) is 0 Å². The highest BCUT2D eigenvalue weighted by Gasteiger charge is 2.29. The molecule has 1 aliphatic rings. The van der Waals surface area contributed by atoms with Gasteiger partial charge in [0.15, 0.2) is 0 Å². The van der Waals surface area contributed by atoms with Gasteiger partial charge in [-0.1, -0.05) is 60.7 Å². The van der Waals surface area contributed by atoms with Gasteiger partial charge in [-0.15, -0.1) is 0 Å². The number of nitrogens with zero attached hydrogens (tertiary/aromatic N) is 1. The van der Waals surface area contributed by atoms with Gasteiger partial charge < -0.3 is 19.7 Å². The van der Waals surface area contributed by atoms with Gasteiger partial charge in [-0.3, -0.25) is 4.79 Å². The van der Waals surface area contributed by atoms with E-state index in [9.17, 15) is 4.79 Å². The van der Waals surface area contributed by atoms with Crippen LogP contribution in [0.1, 0.15) is 17.5 Å². The minimum absolute atomic E-state index is 0.00745. The monoisotopic (exact) mass is 402 g/mol. The maximum atomic E-state index is 12.8. The topological polar surface area (TPSA) is 50.8 Å². The first kappa shape index (κ1) is 19.8. The molecule has 1 N–H and O–H groups in total. The van der Waals surface area contributed by atoms with Gasteiger partial charge in [-0.2, -0.15) is 0 Å². The second-order valence-corrected chi connectivity index (χ2v) is 7.34. The number of carbonyl (C=O) groups excluding carboxylic acids is 1. The van der Waals surface area contributed by atoms with Gasteiger partial charge >= 0.3 is 0 Å². The van der Waals surface area contributed by atoms with E-state index in [2.05, 4.69) is 28.4 Å². The second-order valence-electron chi connectivity index (χ2n) is 7.34. The predicted molar refractivity (Wildman–Crippen MR) is 118 cm³/mol. The van der Waals surface area contributed by atoms with Gasteiger partial charge in [0, 0.05) is 18.7 Å². The maximum absolute atomic E-state index is 12.8. The third-order valence-corrected chi connectivity index (χ3v) is 5.33. The molecule has 1 aliphatic heterocycles. The number of anilines is 1. The molecule has 4 rings (SSSR count). The minimum Gasteiger partial charge on any atom is -0.496 e. The van der Waals surface area contributed by atoms with Crippen LogP contribution in [0, 0.1) is 0 Å². The Labute approximate surface area is 177 Å². The fourth-order valence-corrected chi connectivity index (χ4v) is 3.78. The molecule has 0 aliphatic carbocycles. The zero-order valence-electron chi connectivity index (χ0n) is 17.1. The lowest BCUT2D eigenvalue weighted by Gasteiger charge is -2.38. The number of amides is 1. The van der Waals surface area contributed by atoms with Crippen LogP contribution < -0.4 is 19.7 Å². The van der Waals surface area contributed by atoms with Crippen LogP contribution in [0.2, 0.25) is 0 Å². The molecule has 0 saturated heterocycles. The Morgan fingerprint density at radius 2 is 1.77 bits per heavy atom. The highest BCUT2D eigenvalue weighted by molar-refractivity contribution is 5.78. The Morgan fingerprint density at radius 3 is 2.60 bits per heavy atom. The van der Waals surface area contributed by atoms with Crippen LogP contribution in [0.25, 0.3) is 0 Å². The average molecular weight is 402 g/mol. The van der Waals surface area contributed by atoms with Gasteiger partial charge in [0.25, 0.3) is 0 Å². The van der Waals surface area contributed by atoms with Crippen molar-refractivity contribution >= 4 is 11.6 Å². The van der Waals surface area contributed by atoms with Crippen molar-refractivity contribution in [2.45, 2.75) is 25.6 Å². The first-order chi connectivity index (χ1) is 14.7. The molecule has 1 heterocycles. The number of benzene rings is 3. The van der Waals surface area contributed by atoms with Gasteiger partial charge in [-0.05, 0) is 23.8 Å². The van der Waals surface area contributed by atoms with E-state index >= 15 is 0 Å². The maximum Gasteiger partial charge on any atom is 0.222 e. The molecule has 5 nitrogen and oxygen atoms in total. The lowest BCUT2D eigenvalue weighted by atomic mass is 10.1. The van der Waals surface area contributed by atoms with E-state index in [1.54, 1.807) is 7.11 Å². The molecule has 3 aromatic carbocycles. The van der Waals surface area contributed by atoms with Crippen LogP contribution in [-0.2, 0) is 17.9 Å². The summed E-state index contributed by atoms with van der Waals surface area (Å²) in [6, 6.07) is 26.0. The Hall–Kier alpha value is -3.47. The zero-order valence-corrected chi connectivity index (χ0v) is 17.1. The minimum atomic E-state index is -0.0437. The molecule has 0 saturated carbocycles. The number of para-hydroxylation sites is 3. The van der Waals surface area contributed by atoms with Gasteiger partial charge in [0.1, 0.15) is 18.1 Å². The van der Waals surface area contributed by atoms with E-state index in [0.717, 1.165) is 29.3 Å². The van der Waals surface area contributed by atoms with Crippen molar-refractivity contribution in [3.8, 4) is 11.5 Å². The SMILES string of the molecule is COc1ccccc1CNC(=O)C[C@H]1COc2ccccc2N1Cc1ccccc1. The summed E-state index contributed by atoms with van der Waals surface area (Å²) in [5.74, 6) is 1.63. The number of ether oxygens (including phenoxy) is 2. The number of carbonyl (C=O) groups is 1. The van der Waals surface area contributed by atoms with Crippen molar-refractivity contribution in [2.24, 2.45) is 0 Å². The van der Waals surface area contributed by atoms with Crippen molar-refractivity contribution in [2.75, 3.05) is 18.6 Å². The van der Waals surface area contributed by atoms with E-state index in [-0.39, 0.29) is 11.9 Å². The van der Waals surface area contributed by atoms with Crippen LogP contribution in [0.3, 0.4) is 0 Å². The van der Waals surface area contributed by atoms with Crippen LogP contribution in [0.4, 0.5) is 5.69 Å². The molecule has 154 valence electrons. The molecule has 0 fully saturated rings. The summed E-state index contributed by atoms with van der Waals surface area (Å²) in [5, 5.41) is 3.03. The number of nitrogens with one attached hydrogen (secondary N) is 1. The molecule has 0 aromatic heterocycles. The van der Waals surface area contributed by atoms with E-state index in [4.69, 9.17) is 9.47 Å². The Bertz CT molecular complexity index is 990.